The first-order chi connectivity index (χ1) is 5.88. The number of hydrogen-bond acceptors (Lipinski definition) is 4. The van der Waals surface area contributed by atoms with Gasteiger partial charge in [-0.1, -0.05) is 0 Å². The van der Waals surface area contributed by atoms with Crippen LogP contribution in [0.15, 0.2) is 15.5 Å². The third kappa shape index (κ3) is 2.77. The van der Waals surface area contributed by atoms with Gasteiger partial charge in [0, 0.05) is 0 Å². The molecule has 0 radical (unpaired) electrons. The number of ether oxygens (including phenoxy) is 1. The number of H-pyrrole nitrogens is 1. The summed E-state index contributed by atoms with van der Waals surface area (Å²) < 4.78 is 9.36. The summed E-state index contributed by atoms with van der Waals surface area (Å²) in [6.07, 6.45) is 1.04. The Hall–Kier alpha value is -1.52. The quantitative estimate of drug-likeness (QED) is 0.660. The summed E-state index contributed by atoms with van der Waals surface area (Å²) in [7, 11) is 0. The summed E-state index contributed by atoms with van der Waals surface area (Å²) in [6.45, 7) is 5.22. The average Bonchev–Trinajstić information content (AvgIpc) is 2.31. The Morgan fingerprint density at radius 2 is 2.15 bits per heavy atom. The molecule has 0 amide bonds. The van der Waals surface area contributed by atoms with E-state index in [2.05, 4.69) is 9.40 Å². The van der Waals surface area contributed by atoms with E-state index in [-0.39, 0.29) is 5.69 Å². The van der Waals surface area contributed by atoms with Crippen molar-refractivity contribution in [2.45, 2.75) is 26.4 Å². The summed E-state index contributed by atoms with van der Waals surface area (Å²) in [5, 5.41) is 0. The van der Waals surface area contributed by atoms with Crippen molar-refractivity contribution in [2.24, 2.45) is 0 Å². The molecule has 5 nitrogen and oxygen atoms in total. The van der Waals surface area contributed by atoms with Crippen LogP contribution in [-0.2, 0) is 4.74 Å². The Kier molecular flexibility index (Phi) is 2.27. The minimum Gasteiger partial charge on any atom is -0.455 e. The van der Waals surface area contributed by atoms with Gasteiger partial charge in [0.25, 0.3) is 0 Å². The molecule has 0 bridgehead atoms. The number of carbonyl (C=O) groups is 1. The van der Waals surface area contributed by atoms with Crippen LogP contribution in [0, 0.1) is 0 Å². The molecule has 1 aromatic heterocycles. The van der Waals surface area contributed by atoms with Crippen LogP contribution in [-0.4, -0.2) is 16.6 Å². The third-order valence-electron chi connectivity index (χ3n) is 1.14. The maximum absolute atomic E-state index is 11.2. The predicted molar refractivity (Wildman–Crippen MR) is 44.5 cm³/mol. The van der Waals surface area contributed by atoms with Crippen LogP contribution in [0.4, 0.5) is 0 Å². The molecular formula is C8H11NO4. The predicted octanol–water partition coefficient (Wildman–Crippen LogP) is 0.923. The van der Waals surface area contributed by atoms with Crippen LogP contribution < -0.4 is 5.76 Å². The summed E-state index contributed by atoms with van der Waals surface area (Å²) in [5.41, 5.74) is -0.550. The average molecular weight is 185 g/mol. The SMILES string of the molecule is CC(C)(C)OC(=O)c1coc(=O)[nH]1. The van der Waals surface area contributed by atoms with Crippen LogP contribution in [0.3, 0.4) is 0 Å². The Bertz CT molecular complexity index is 355. The zero-order chi connectivity index (χ0) is 10.1. The molecule has 5 heteroatoms. The molecule has 13 heavy (non-hydrogen) atoms. The van der Waals surface area contributed by atoms with E-state index in [9.17, 15) is 9.59 Å². The van der Waals surface area contributed by atoms with Crippen molar-refractivity contribution in [2.75, 3.05) is 0 Å². The fourth-order valence-corrected chi connectivity index (χ4v) is 0.714. The Labute approximate surface area is 74.7 Å². The Balaban J connectivity index is 2.75. The number of esters is 1. The molecule has 1 aromatic rings. The van der Waals surface area contributed by atoms with Gasteiger partial charge in [0.15, 0.2) is 5.69 Å². The minimum atomic E-state index is -0.666. The molecule has 0 aliphatic heterocycles. The monoisotopic (exact) mass is 185 g/mol. The lowest BCUT2D eigenvalue weighted by atomic mass is 10.2. The number of rotatable bonds is 1. The third-order valence-corrected chi connectivity index (χ3v) is 1.14. The summed E-state index contributed by atoms with van der Waals surface area (Å²) in [4.78, 5) is 24.0. The van der Waals surface area contributed by atoms with E-state index < -0.39 is 17.3 Å². The Morgan fingerprint density at radius 3 is 2.54 bits per heavy atom. The topological polar surface area (TPSA) is 72.3 Å². The van der Waals surface area contributed by atoms with E-state index >= 15 is 0 Å². The van der Waals surface area contributed by atoms with Crippen molar-refractivity contribution in [3.8, 4) is 0 Å². The molecule has 0 aliphatic rings. The van der Waals surface area contributed by atoms with E-state index in [1.165, 1.54) is 0 Å². The lowest BCUT2D eigenvalue weighted by Crippen LogP contribution is -2.24. The summed E-state index contributed by atoms with van der Waals surface area (Å²) in [6, 6.07) is 0. The van der Waals surface area contributed by atoms with E-state index in [0.29, 0.717) is 0 Å². The molecule has 0 fully saturated rings. The van der Waals surface area contributed by atoms with Crippen LogP contribution in [0.5, 0.6) is 0 Å². The number of hydrogen-bond donors (Lipinski definition) is 1. The van der Waals surface area contributed by atoms with Crippen molar-refractivity contribution in [3.05, 3.63) is 22.5 Å². The number of oxazole rings is 1. The molecule has 1 heterocycles. The number of aromatic nitrogens is 1. The first kappa shape index (κ1) is 9.57. The standard InChI is InChI=1S/C8H11NO4/c1-8(2,3)13-6(10)5-4-12-7(11)9-5/h4H,1-3H3,(H,9,11). The van der Waals surface area contributed by atoms with Crippen molar-refractivity contribution < 1.29 is 13.9 Å². The molecule has 1 rings (SSSR count). The molecule has 0 unspecified atom stereocenters. The fourth-order valence-electron chi connectivity index (χ4n) is 0.714. The number of nitrogens with one attached hydrogen (secondary N) is 1. The number of carbonyl (C=O) groups excluding carboxylic acids is 1. The van der Waals surface area contributed by atoms with Crippen LogP contribution in [0.25, 0.3) is 0 Å². The van der Waals surface area contributed by atoms with Gasteiger partial charge in [0.05, 0.1) is 0 Å². The molecule has 0 atom stereocenters. The van der Waals surface area contributed by atoms with Crippen molar-refractivity contribution >= 4 is 5.97 Å². The van der Waals surface area contributed by atoms with Gasteiger partial charge in [-0.15, -0.1) is 0 Å². The lowest BCUT2D eigenvalue weighted by Gasteiger charge is -2.18. The maximum atomic E-state index is 11.2. The number of aromatic amines is 1. The summed E-state index contributed by atoms with van der Waals surface area (Å²) >= 11 is 0. The highest BCUT2D eigenvalue weighted by Gasteiger charge is 2.19. The molecule has 0 aromatic carbocycles. The fraction of sp³-hybridized carbons (Fsp3) is 0.500. The van der Waals surface area contributed by atoms with Gasteiger partial charge in [-0.3, -0.25) is 4.98 Å². The maximum Gasteiger partial charge on any atom is 0.416 e. The zero-order valence-electron chi connectivity index (χ0n) is 7.71. The van der Waals surface area contributed by atoms with Crippen LogP contribution in [0.2, 0.25) is 0 Å². The minimum absolute atomic E-state index is 0.0277. The van der Waals surface area contributed by atoms with Gasteiger partial charge in [-0.05, 0) is 20.8 Å². The highest BCUT2D eigenvalue weighted by molar-refractivity contribution is 5.86. The lowest BCUT2D eigenvalue weighted by molar-refractivity contribution is 0.00628. The Morgan fingerprint density at radius 1 is 1.54 bits per heavy atom. The van der Waals surface area contributed by atoms with Gasteiger partial charge < -0.3 is 9.15 Å². The molecule has 72 valence electrons. The van der Waals surface area contributed by atoms with E-state index in [1.807, 2.05) is 0 Å². The van der Waals surface area contributed by atoms with E-state index in [1.54, 1.807) is 20.8 Å². The second-order valence-corrected chi connectivity index (χ2v) is 3.56. The van der Waals surface area contributed by atoms with E-state index in [0.717, 1.165) is 6.26 Å². The normalized spacial score (nSPS) is 11.3. The smallest absolute Gasteiger partial charge is 0.416 e. The summed E-state index contributed by atoms with van der Waals surface area (Å²) in [5.74, 6) is -1.26. The first-order valence-electron chi connectivity index (χ1n) is 3.79. The molecule has 1 N–H and O–H groups in total. The van der Waals surface area contributed by atoms with Crippen LogP contribution >= 0.6 is 0 Å². The van der Waals surface area contributed by atoms with Crippen molar-refractivity contribution in [3.63, 3.8) is 0 Å². The highest BCUT2D eigenvalue weighted by atomic mass is 16.6. The highest BCUT2D eigenvalue weighted by Crippen LogP contribution is 2.09. The molecule has 0 spiro atoms. The molecular weight excluding hydrogens is 174 g/mol. The zero-order valence-corrected chi connectivity index (χ0v) is 7.71. The van der Waals surface area contributed by atoms with Gasteiger partial charge in [0.2, 0.25) is 0 Å². The largest absolute Gasteiger partial charge is 0.455 e. The van der Waals surface area contributed by atoms with E-state index in [4.69, 9.17) is 4.74 Å². The van der Waals surface area contributed by atoms with Gasteiger partial charge in [-0.2, -0.15) is 0 Å². The molecule has 0 saturated heterocycles. The van der Waals surface area contributed by atoms with Crippen molar-refractivity contribution in [1.29, 1.82) is 0 Å². The van der Waals surface area contributed by atoms with Crippen molar-refractivity contribution in [1.82, 2.24) is 4.98 Å². The van der Waals surface area contributed by atoms with Gasteiger partial charge >= 0.3 is 11.7 Å². The molecule has 0 aliphatic carbocycles. The second kappa shape index (κ2) is 3.08. The van der Waals surface area contributed by atoms with Gasteiger partial charge in [0.1, 0.15) is 11.9 Å². The van der Waals surface area contributed by atoms with Crippen LogP contribution in [0.1, 0.15) is 31.3 Å². The molecule has 0 saturated carbocycles. The second-order valence-electron chi connectivity index (χ2n) is 3.56. The first-order valence-corrected chi connectivity index (χ1v) is 3.79. The van der Waals surface area contributed by atoms with Gasteiger partial charge in [-0.25, -0.2) is 9.59 Å².